The summed E-state index contributed by atoms with van der Waals surface area (Å²) in [5.41, 5.74) is 11.9. The van der Waals surface area contributed by atoms with Crippen molar-refractivity contribution in [2.75, 3.05) is 6.61 Å². The van der Waals surface area contributed by atoms with E-state index in [1.54, 1.807) is 12.2 Å². The third-order valence-electron chi connectivity index (χ3n) is 1.33. The molecule has 0 aromatic carbocycles. The molecule has 58 valence electrons. The molecule has 0 saturated heterocycles. The summed E-state index contributed by atoms with van der Waals surface area (Å²) in [7, 11) is 0. The zero-order chi connectivity index (χ0) is 8.10. The predicted molar refractivity (Wildman–Crippen MR) is 40.8 cm³/mol. The van der Waals surface area contributed by atoms with Crippen molar-refractivity contribution >= 4 is 0 Å². The Morgan fingerprint density at radius 3 is 3.09 bits per heavy atom. The summed E-state index contributed by atoms with van der Waals surface area (Å²) in [4.78, 5) is 3.90. The normalized spacial score (nSPS) is 16.7. The van der Waals surface area contributed by atoms with Crippen LogP contribution in [0, 0.1) is 0 Å². The third-order valence-corrected chi connectivity index (χ3v) is 1.33. The molecular formula is C8H9NO2. The van der Waals surface area contributed by atoms with Crippen LogP contribution in [-0.4, -0.2) is 17.9 Å². The van der Waals surface area contributed by atoms with Crippen molar-refractivity contribution in [2.45, 2.75) is 6.04 Å². The Kier molecular flexibility index (Phi) is 2.87. The summed E-state index contributed by atoms with van der Waals surface area (Å²) in [5.74, 6) is 0. The van der Waals surface area contributed by atoms with E-state index in [9.17, 15) is 0 Å². The van der Waals surface area contributed by atoms with E-state index in [1.807, 2.05) is 6.08 Å². The highest BCUT2D eigenvalue weighted by atomic mass is 17.1. The van der Waals surface area contributed by atoms with Crippen molar-refractivity contribution in [1.29, 1.82) is 0 Å². The Labute approximate surface area is 64.7 Å². The molecule has 3 N–H and O–H groups in total. The third kappa shape index (κ3) is 2.20. The molecule has 0 aromatic rings. The van der Waals surface area contributed by atoms with Gasteiger partial charge in [-0.1, -0.05) is 17.5 Å². The fourth-order valence-electron chi connectivity index (χ4n) is 0.753. The fourth-order valence-corrected chi connectivity index (χ4v) is 0.753. The van der Waals surface area contributed by atoms with Gasteiger partial charge in [-0.2, -0.15) is 0 Å². The second-order valence-corrected chi connectivity index (χ2v) is 2.15. The standard InChI is InChI=1S/C8H9NO2/c9-8(6-11-10)7-4-2-1-3-5-7/h1-2,4,8,10H,6,9H2/t8-/m0/s1. The van der Waals surface area contributed by atoms with Crippen LogP contribution >= 0.6 is 0 Å². The van der Waals surface area contributed by atoms with Crippen molar-refractivity contribution in [1.82, 2.24) is 0 Å². The van der Waals surface area contributed by atoms with E-state index in [2.05, 4.69) is 16.4 Å². The minimum absolute atomic E-state index is 0.0777. The Bertz CT molecular complexity index is 255. The SMILES string of the molecule is N[C@@H](COO)C1=C=C=CC=C1. The van der Waals surface area contributed by atoms with E-state index < -0.39 is 0 Å². The summed E-state index contributed by atoms with van der Waals surface area (Å²) < 4.78 is 0. The maximum absolute atomic E-state index is 8.09. The lowest BCUT2D eigenvalue weighted by molar-refractivity contribution is -0.243. The van der Waals surface area contributed by atoms with E-state index >= 15 is 0 Å². The Hall–Kier alpha value is -1.08. The lowest BCUT2D eigenvalue weighted by Gasteiger charge is -2.07. The van der Waals surface area contributed by atoms with Crippen LogP contribution in [0.1, 0.15) is 0 Å². The van der Waals surface area contributed by atoms with Gasteiger partial charge in [-0.15, -0.1) is 0 Å². The van der Waals surface area contributed by atoms with E-state index in [0.717, 1.165) is 5.57 Å². The molecule has 0 spiro atoms. The first-order chi connectivity index (χ1) is 5.34. The maximum Gasteiger partial charge on any atom is 0.102 e. The van der Waals surface area contributed by atoms with Crippen molar-refractivity contribution in [2.24, 2.45) is 5.73 Å². The van der Waals surface area contributed by atoms with E-state index in [-0.39, 0.29) is 12.6 Å². The Balaban J connectivity index is 2.67. The Morgan fingerprint density at radius 1 is 1.73 bits per heavy atom. The van der Waals surface area contributed by atoms with Crippen molar-refractivity contribution < 1.29 is 10.1 Å². The second-order valence-electron chi connectivity index (χ2n) is 2.15. The molecule has 1 aliphatic rings. The minimum Gasteiger partial charge on any atom is -0.321 e. The van der Waals surface area contributed by atoms with Crippen LogP contribution in [-0.2, 0) is 4.89 Å². The second kappa shape index (κ2) is 3.94. The molecule has 0 aromatic heterocycles. The molecule has 0 heterocycles. The highest BCUT2D eigenvalue weighted by molar-refractivity contribution is 5.29. The summed E-state index contributed by atoms with van der Waals surface area (Å²) in [6, 6.07) is -0.336. The average Bonchev–Trinajstić information content (AvgIpc) is 2.07. The number of allylic oxidation sites excluding steroid dienone is 2. The van der Waals surface area contributed by atoms with Crippen LogP contribution in [0.25, 0.3) is 0 Å². The van der Waals surface area contributed by atoms with Gasteiger partial charge in [0.05, 0.1) is 6.04 Å². The molecule has 0 fully saturated rings. The first-order valence-electron chi connectivity index (χ1n) is 3.25. The molecule has 11 heavy (non-hydrogen) atoms. The van der Waals surface area contributed by atoms with Crippen LogP contribution in [0.15, 0.2) is 35.3 Å². The van der Waals surface area contributed by atoms with Gasteiger partial charge in [0.15, 0.2) is 0 Å². The van der Waals surface area contributed by atoms with Gasteiger partial charge in [0.25, 0.3) is 0 Å². The van der Waals surface area contributed by atoms with Gasteiger partial charge in [0.1, 0.15) is 6.61 Å². The van der Waals surface area contributed by atoms with Gasteiger partial charge < -0.3 is 5.73 Å². The van der Waals surface area contributed by atoms with Crippen molar-refractivity contribution in [3.63, 3.8) is 0 Å². The predicted octanol–water partition coefficient (Wildman–Crippen LogP) is 0.610. The van der Waals surface area contributed by atoms with Gasteiger partial charge in [0.2, 0.25) is 0 Å². The van der Waals surface area contributed by atoms with E-state index in [0.29, 0.717) is 0 Å². The molecule has 0 unspecified atom stereocenters. The van der Waals surface area contributed by atoms with Gasteiger partial charge >= 0.3 is 0 Å². The maximum atomic E-state index is 8.09. The summed E-state index contributed by atoms with van der Waals surface area (Å²) >= 11 is 0. The average molecular weight is 151 g/mol. The van der Waals surface area contributed by atoms with Crippen LogP contribution in [0.4, 0.5) is 0 Å². The number of hydrogen-bond acceptors (Lipinski definition) is 3. The topological polar surface area (TPSA) is 55.5 Å². The van der Waals surface area contributed by atoms with Crippen molar-refractivity contribution in [3.8, 4) is 0 Å². The lowest BCUT2D eigenvalue weighted by Crippen LogP contribution is -2.27. The minimum atomic E-state index is -0.336. The van der Waals surface area contributed by atoms with Gasteiger partial charge in [-0.05, 0) is 12.2 Å². The summed E-state index contributed by atoms with van der Waals surface area (Å²) in [5, 5.41) is 8.09. The highest BCUT2D eigenvalue weighted by Crippen LogP contribution is 2.02. The molecule has 0 aliphatic heterocycles. The number of nitrogens with two attached hydrogens (primary N) is 1. The quantitative estimate of drug-likeness (QED) is 0.353. The van der Waals surface area contributed by atoms with Crippen molar-refractivity contribution in [3.05, 3.63) is 35.3 Å². The first kappa shape index (κ1) is 8.02. The van der Waals surface area contributed by atoms with Gasteiger partial charge in [0, 0.05) is 5.57 Å². The van der Waals surface area contributed by atoms with Crippen LogP contribution in [0.5, 0.6) is 0 Å². The molecule has 1 aliphatic carbocycles. The van der Waals surface area contributed by atoms with E-state index in [4.69, 9.17) is 11.0 Å². The molecule has 0 radical (unpaired) electrons. The molecule has 3 nitrogen and oxygen atoms in total. The monoisotopic (exact) mass is 151 g/mol. The molecule has 3 heteroatoms. The van der Waals surface area contributed by atoms with Crippen LogP contribution in [0.2, 0.25) is 0 Å². The molecule has 0 bridgehead atoms. The molecule has 0 amide bonds. The number of hydrogen-bond donors (Lipinski definition) is 2. The van der Waals surface area contributed by atoms with Gasteiger partial charge in [-0.25, -0.2) is 4.89 Å². The molecule has 0 saturated carbocycles. The zero-order valence-electron chi connectivity index (χ0n) is 5.95. The highest BCUT2D eigenvalue weighted by Gasteiger charge is 2.06. The summed E-state index contributed by atoms with van der Waals surface area (Å²) in [6.07, 6.45) is 5.35. The van der Waals surface area contributed by atoms with Crippen LogP contribution < -0.4 is 5.73 Å². The first-order valence-corrected chi connectivity index (χ1v) is 3.25. The number of rotatable bonds is 3. The van der Waals surface area contributed by atoms with E-state index in [1.165, 1.54) is 0 Å². The molecule has 1 rings (SSSR count). The van der Waals surface area contributed by atoms with Gasteiger partial charge in [-0.3, -0.25) is 5.26 Å². The molecular weight excluding hydrogens is 142 g/mol. The van der Waals surface area contributed by atoms with Crippen LogP contribution in [0.3, 0.4) is 0 Å². The fraction of sp³-hybridized carbons (Fsp3) is 0.250. The largest absolute Gasteiger partial charge is 0.321 e. The zero-order valence-corrected chi connectivity index (χ0v) is 5.95. The molecule has 1 atom stereocenters. The Morgan fingerprint density at radius 2 is 2.55 bits per heavy atom. The lowest BCUT2D eigenvalue weighted by atomic mass is 10.1. The summed E-state index contributed by atoms with van der Waals surface area (Å²) in [6.45, 7) is 0.0777. The smallest absolute Gasteiger partial charge is 0.102 e.